The Morgan fingerprint density at radius 2 is 2.04 bits per heavy atom. The summed E-state index contributed by atoms with van der Waals surface area (Å²) < 4.78 is 41.7. The number of nitrogens with zero attached hydrogens (tertiary/aromatic N) is 3. The summed E-state index contributed by atoms with van der Waals surface area (Å²) in [5, 5.41) is 8.17. The lowest BCUT2D eigenvalue weighted by Gasteiger charge is -2.24. The van der Waals surface area contributed by atoms with Crippen molar-refractivity contribution in [1.29, 1.82) is 0 Å². The second kappa shape index (κ2) is 6.89. The molecule has 140 valence electrons. The average Bonchev–Trinajstić information content (AvgIpc) is 3.10. The number of alkyl halides is 3. The maximum atomic E-state index is 12.1. The van der Waals surface area contributed by atoms with Gasteiger partial charge in [0.05, 0.1) is 6.54 Å². The largest absolute Gasteiger partial charge is 0.471 e. The summed E-state index contributed by atoms with van der Waals surface area (Å²) in [7, 11) is 0. The Morgan fingerprint density at radius 1 is 1.36 bits per heavy atom. The van der Waals surface area contributed by atoms with Gasteiger partial charge >= 0.3 is 18.2 Å². The summed E-state index contributed by atoms with van der Waals surface area (Å²) in [6.45, 7) is 5.75. The molecule has 0 saturated carbocycles. The first-order chi connectivity index (χ1) is 11.5. The molecule has 0 aliphatic carbocycles. The summed E-state index contributed by atoms with van der Waals surface area (Å²) in [5.74, 6) is -1.68. The second-order valence-corrected chi connectivity index (χ2v) is 6.73. The van der Waals surface area contributed by atoms with E-state index in [1.54, 1.807) is 26.1 Å². The van der Waals surface area contributed by atoms with Crippen LogP contribution in [-0.4, -0.2) is 56.9 Å². The predicted molar refractivity (Wildman–Crippen MR) is 79.4 cm³/mol. The van der Waals surface area contributed by atoms with Crippen LogP contribution in [0.25, 0.3) is 0 Å². The third-order valence-electron chi connectivity index (χ3n) is 3.43. The molecule has 1 atom stereocenters. The lowest BCUT2D eigenvalue weighted by Crippen LogP contribution is -2.36. The molecule has 25 heavy (non-hydrogen) atoms. The zero-order chi connectivity index (χ0) is 18.8. The molecule has 0 spiro atoms. The van der Waals surface area contributed by atoms with Crippen molar-refractivity contribution in [3.63, 3.8) is 0 Å². The molecule has 2 heterocycles. The van der Waals surface area contributed by atoms with Crippen molar-refractivity contribution in [1.82, 2.24) is 25.4 Å². The molecule has 8 nitrogen and oxygen atoms in total. The van der Waals surface area contributed by atoms with Gasteiger partial charge in [0, 0.05) is 19.0 Å². The zero-order valence-corrected chi connectivity index (χ0v) is 14.1. The molecule has 2 N–H and O–H groups in total. The summed E-state index contributed by atoms with van der Waals surface area (Å²) in [4.78, 5) is 28.4. The molecule has 1 saturated heterocycles. The summed E-state index contributed by atoms with van der Waals surface area (Å²) in [6, 6.07) is 0. The number of aromatic nitrogens is 3. The van der Waals surface area contributed by atoms with Gasteiger partial charge in [-0.25, -0.2) is 9.78 Å². The van der Waals surface area contributed by atoms with Crippen LogP contribution in [0.4, 0.5) is 18.0 Å². The summed E-state index contributed by atoms with van der Waals surface area (Å²) in [6.07, 6.45) is -4.75. The van der Waals surface area contributed by atoms with Crippen molar-refractivity contribution in [3.8, 4) is 0 Å². The van der Waals surface area contributed by atoms with Crippen molar-refractivity contribution in [3.05, 3.63) is 11.6 Å². The van der Waals surface area contributed by atoms with Gasteiger partial charge in [-0.1, -0.05) is 0 Å². The first kappa shape index (κ1) is 19.0. The Morgan fingerprint density at radius 3 is 2.64 bits per heavy atom. The number of amides is 2. The molecule has 2 rings (SSSR count). The maximum absolute atomic E-state index is 12.1. The van der Waals surface area contributed by atoms with E-state index >= 15 is 0 Å². The molecular formula is C14H20F3N5O3. The van der Waals surface area contributed by atoms with Crippen LogP contribution in [-0.2, 0) is 16.1 Å². The molecule has 0 unspecified atom stereocenters. The lowest BCUT2D eigenvalue weighted by molar-refractivity contribution is -0.173. The monoisotopic (exact) mass is 363 g/mol. The van der Waals surface area contributed by atoms with Gasteiger partial charge < -0.3 is 15.0 Å². The Bertz CT molecular complexity index is 638. The minimum Gasteiger partial charge on any atom is -0.444 e. The molecule has 0 bridgehead atoms. The van der Waals surface area contributed by atoms with Gasteiger partial charge in [-0.3, -0.25) is 9.89 Å². The highest BCUT2D eigenvalue weighted by molar-refractivity contribution is 5.81. The van der Waals surface area contributed by atoms with Crippen LogP contribution in [0.3, 0.4) is 0 Å². The standard InChI is InChI=1S/C14H20F3N5O3/c1-13(2,3)25-12(24)22-5-4-8(7-22)10-19-9(20-21-10)6-18-11(23)14(15,16)17/h8H,4-7H2,1-3H3,(H,18,23)(H,19,20,21)/t8-/m1/s1. The minimum absolute atomic E-state index is 0.114. The number of halogens is 3. The normalized spacial score (nSPS) is 18.3. The highest BCUT2D eigenvalue weighted by atomic mass is 19.4. The van der Waals surface area contributed by atoms with Gasteiger partial charge in [0.1, 0.15) is 11.4 Å². The SMILES string of the molecule is CC(C)(C)OC(=O)N1CC[C@@H](c2n[nH]c(CNC(=O)C(F)(F)F)n2)C1. The van der Waals surface area contributed by atoms with Crippen LogP contribution >= 0.6 is 0 Å². The number of likely N-dealkylation sites (tertiary alicyclic amines) is 1. The number of hydrogen-bond donors (Lipinski definition) is 2. The second-order valence-electron chi connectivity index (χ2n) is 6.73. The first-order valence-electron chi connectivity index (χ1n) is 7.70. The Labute approximate surface area is 142 Å². The van der Waals surface area contributed by atoms with E-state index in [9.17, 15) is 22.8 Å². The number of H-pyrrole nitrogens is 1. The molecule has 0 radical (unpaired) electrons. The number of nitrogens with one attached hydrogen (secondary N) is 2. The van der Waals surface area contributed by atoms with Crippen LogP contribution in [0.1, 0.15) is 44.8 Å². The lowest BCUT2D eigenvalue weighted by atomic mass is 10.1. The third kappa shape index (κ3) is 5.33. The highest BCUT2D eigenvalue weighted by Crippen LogP contribution is 2.26. The molecular weight excluding hydrogens is 343 g/mol. The van der Waals surface area contributed by atoms with Crippen molar-refractivity contribution in [2.45, 2.75) is 51.4 Å². The molecule has 1 fully saturated rings. The summed E-state index contributed by atoms with van der Waals surface area (Å²) in [5.41, 5.74) is -0.594. The van der Waals surface area contributed by atoms with E-state index in [0.29, 0.717) is 25.3 Å². The first-order valence-corrected chi connectivity index (χ1v) is 7.70. The van der Waals surface area contributed by atoms with Crippen LogP contribution in [0, 0.1) is 0 Å². The fraction of sp³-hybridized carbons (Fsp3) is 0.714. The average molecular weight is 363 g/mol. The number of carbonyl (C=O) groups is 2. The van der Waals surface area contributed by atoms with E-state index in [4.69, 9.17) is 4.74 Å². The zero-order valence-electron chi connectivity index (χ0n) is 14.1. The molecule has 1 aliphatic rings. The van der Waals surface area contributed by atoms with Crippen molar-refractivity contribution in [2.24, 2.45) is 0 Å². The van der Waals surface area contributed by atoms with Crippen LogP contribution in [0.5, 0.6) is 0 Å². The maximum Gasteiger partial charge on any atom is 0.471 e. The number of ether oxygens (including phenoxy) is 1. The Kier molecular flexibility index (Phi) is 5.23. The molecule has 2 amide bonds. The van der Waals surface area contributed by atoms with Gasteiger partial charge in [0.25, 0.3) is 0 Å². The van der Waals surface area contributed by atoms with E-state index in [1.165, 1.54) is 4.90 Å². The highest BCUT2D eigenvalue weighted by Gasteiger charge is 2.38. The van der Waals surface area contributed by atoms with E-state index in [0.717, 1.165) is 0 Å². The molecule has 1 aromatic rings. The Hall–Kier alpha value is -2.33. The number of rotatable bonds is 3. The predicted octanol–water partition coefficient (Wildman–Crippen LogP) is 1.71. The molecule has 1 aliphatic heterocycles. The van der Waals surface area contributed by atoms with Gasteiger partial charge in [0.2, 0.25) is 0 Å². The fourth-order valence-corrected chi connectivity index (χ4v) is 2.30. The van der Waals surface area contributed by atoms with E-state index in [1.807, 2.05) is 0 Å². The van der Waals surface area contributed by atoms with Crippen LogP contribution in [0.15, 0.2) is 0 Å². The smallest absolute Gasteiger partial charge is 0.444 e. The topological polar surface area (TPSA) is 100 Å². The van der Waals surface area contributed by atoms with Gasteiger partial charge in [0.15, 0.2) is 5.82 Å². The number of hydrogen-bond acceptors (Lipinski definition) is 5. The van der Waals surface area contributed by atoms with Crippen molar-refractivity contribution in [2.75, 3.05) is 13.1 Å². The number of carbonyl (C=O) groups excluding carboxylic acids is 2. The number of aromatic amines is 1. The fourth-order valence-electron chi connectivity index (χ4n) is 2.30. The quantitative estimate of drug-likeness (QED) is 0.852. The minimum atomic E-state index is -4.94. The Balaban J connectivity index is 1.89. The van der Waals surface area contributed by atoms with Crippen molar-refractivity contribution < 1.29 is 27.5 Å². The van der Waals surface area contributed by atoms with E-state index < -0.39 is 30.3 Å². The van der Waals surface area contributed by atoms with Gasteiger partial charge in [-0.05, 0) is 27.2 Å². The summed E-state index contributed by atoms with van der Waals surface area (Å²) >= 11 is 0. The van der Waals surface area contributed by atoms with E-state index in [-0.39, 0.29) is 11.7 Å². The van der Waals surface area contributed by atoms with Gasteiger partial charge in [-0.15, -0.1) is 0 Å². The van der Waals surface area contributed by atoms with E-state index in [2.05, 4.69) is 15.2 Å². The van der Waals surface area contributed by atoms with Crippen molar-refractivity contribution >= 4 is 12.0 Å². The van der Waals surface area contributed by atoms with Gasteiger partial charge in [-0.2, -0.15) is 18.3 Å². The third-order valence-corrected chi connectivity index (χ3v) is 3.43. The molecule has 1 aromatic heterocycles. The molecule has 11 heteroatoms. The van der Waals surface area contributed by atoms with Crippen LogP contribution < -0.4 is 5.32 Å². The molecule has 0 aromatic carbocycles. The van der Waals surface area contributed by atoms with Crippen LogP contribution in [0.2, 0.25) is 0 Å².